The molecule has 4 nitrogen and oxygen atoms in total. The van der Waals surface area contributed by atoms with Gasteiger partial charge in [-0.2, -0.15) is 0 Å². The van der Waals surface area contributed by atoms with Gasteiger partial charge >= 0.3 is 0 Å². The lowest BCUT2D eigenvalue weighted by atomic mass is 9.83. The molecule has 0 saturated heterocycles. The first-order valence-corrected chi connectivity index (χ1v) is 13.7. The minimum Gasteiger partial charge on any atom is -0.496 e. The van der Waals surface area contributed by atoms with Crippen molar-refractivity contribution in [2.24, 2.45) is 4.99 Å². The van der Waals surface area contributed by atoms with Gasteiger partial charge < -0.3 is 4.74 Å². The number of halogens is 2. The second kappa shape index (κ2) is 9.04. The topological polar surface area (TPSA) is 43.6 Å². The second-order valence-corrected chi connectivity index (χ2v) is 11.4. The Morgan fingerprint density at radius 1 is 1.03 bits per heavy atom. The first kappa shape index (κ1) is 22.7. The molecule has 174 valence electrons. The molecule has 0 N–H and O–H groups in total. The number of rotatable bonds is 3. The van der Waals surface area contributed by atoms with Gasteiger partial charge in [-0.3, -0.25) is 9.36 Å². The van der Waals surface area contributed by atoms with E-state index in [-0.39, 0.29) is 11.6 Å². The van der Waals surface area contributed by atoms with Crippen LogP contribution in [0.15, 0.2) is 91.0 Å². The first-order valence-electron chi connectivity index (χ1n) is 11.3. The van der Waals surface area contributed by atoms with Crippen LogP contribution in [0.4, 0.5) is 0 Å². The number of benzene rings is 3. The van der Waals surface area contributed by atoms with Crippen LogP contribution in [0.1, 0.15) is 34.7 Å². The third kappa shape index (κ3) is 3.96. The molecule has 1 atom stereocenters. The molecule has 0 amide bonds. The van der Waals surface area contributed by atoms with Gasteiger partial charge in [-0.15, -0.1) is 0 Å². The minimum absolute atomic E-state index is 0.0332. The lowest BCUT2D eigenvalue weighted by molar-refractivity contribution is 0.413. The van der Waals surface area contributed by atoms with Gasteiger partial charge in [0.15, 0.2) is 4.80 Å². The first-order chi connectivity index (χ1) is 17.0. The van der Waals surface area contributed by atoms with Crippen molar-refractivity contribution < 1.29 is 4.74 Å². The molecule has 6 rings (SSSR count). The van der Waals surface area contributed by atoms with E-state index in [1.165, 1.54) is 28.0 Å². The number of allylic oxidation sites excluding steroid dienone is 1. The Morgan fingerprint density at radius 2 is 1.80 bits per heavy atom. The molecule has 4 aromatic rings. The third-order valence-corrected chi connectivity index (χ3v) is 8.54. The summed E-state index contributed by atoms with van der Waals surface area (Å²) in [6.07, 6.45) is 3.72. The summed E-state index contributed by atoms with van der Waals surface area (Å²) in [6.45, 7) is 0. The maximum absolute atomic E-state index is 13.9. The Morgan fingerprint density at radius 3 is 2.60 bits per heavy atom. The fourth-order valence-corrected chi connectivity index (χ4v) is 6.56. The molecule has 0 radical (unpaired) electrons. The standard InChI is InChI=1S/C28H20Br2N2O2S/c1-34-23-13-11-20(30)14-18(23)15-24-27(33)32-26(17-6-9-19(29)10-7-17)22-12-8-16-4-2-3-5-21(16)25(22)31-28(32)35-24/h2-7,9-11,13-15,26H,8,12H2,1H3. The van der Waals surface area contributed by atoms with E-state index in [9.17, 15) is 4.79 Å². The maximum atomic E-state index is 13.9. The van der Waals surface area contributed by atoms with Crippen molar-refractivity contribution in [3.8, 4) is 5.75 Å². The van der Waals surface area contributed by atoms with Gasteiger partial charge in [-0.05, 0) is 65.9 Å². The molecule has 35 heavy (non-hydrogen) atoms. The Kier molecular flexibility index (Phi) is 5.87. The van der Waals surface area contributed by atoms with Gasteiger partial charge in [0.05, 0.1) is 23.4 Å². The zero-order chi connectivity index (χ0) is 24.1. The summed E-state index contributed by atoms with van der Waals surface area (Å²) in [6, 6.07) is 22.3. The monoisotopic (exact) mass is 606 g/mol. The molecule has 1 unspecified atom stereocenters. The zero-order valence-corrected chi connectivity index (χ0v) is 22.8. The molecule has 3 aromatic carbocycles. The van der Waals surface area contributed by atoms with Gasteiger partial charge in [0.25, 0.3) is 5.56 Å². The van der Waals surface area contributed by atoms with Crippen molar-refractivity contribution >= 4 is 55.0 Å². The van der Waals surface area contributed by atoms with Crippen LogP contribution in [0.3, 0.4) is 0 Å². The molecule has 2 heterocycles. The number of hydrogen-bond donors (Lipinski definition) is 0. The van der Waals surface area contributed by atoms with Crippen LogP contribution in [0.2, 0.25) is 0 Å². The van der Waals surface area contributed by atoms with E-state index in [1.54, 1.807) is 7.11 Å². The predicted molar refractivity (Wildman–Crippen MR) is 148 cm³/mol. The van der Waals surface area contributed by atoms with E-state index in [1.807, 2.05) is 41.0 Å². The quantitative estimate of drug-likeness (QED) is 0.293. The number of methoxy groups -OCH3 is 1. The molecule has 1 aromatic heterocycles. The molecule has 0 bridgehead atoms. The largest absolute Gasteiger partial charge is 0.496 e. The van der Waals surface area contributed by atoms with E-state index in [0.717, 1.165) is 49.2 Å². The highest BCUT2D eigenvalue weighted by molar-refractivity contribution is 9.10. The minimum atomic E-state index is -0.186. The van der Waals surface area contributed by atoms with E-state index in [0.29, 0.717) is 4.53 Å². The van der Waals surface area contributed by atoms with Crippen molar-refractivity contribution in [3.05, 3.63) is 123 Å². The van der Waals surface area contributed by atoms with Crippen LogP contribution in [-0.2, 0) is 6.42 Å². The lowest BCUT2D eigenvalue weighted by Crippen LogP contribution is -2.38. The lowest BCUT2D eigenvalue weighted by Gasteiger charge is -2.30. The highest BCUT2D eigenvalue weighted by Crippen LogP contribution is 2.41. The molecule has 7 heteroatoms. The van der Waals surface area contributed by atoms with Crippen molar-refractivity contribution in [2.75, 3.05) is 7.11 Å². The number of thiazole rings is 1. The number of hydrogen-bond acceptors (Lipinski definition) is 4. The van der Waals surface area contributed by atoms with Crippen LogP contribution in [-0.4, -0.2) is 11.7 Å². The molecule has 0 spiro atoms. The van der Waals surface area contributed by atoms with Crippen molar-refractivity contribution in [1.82, 2.24) is 4.57 Å². The number of ether oxygens (including phenoxy) is 1. The van der Waals surface area contributed by atoms with Crippen LogP contribution < -0.4 is 19.6 Å². The Hall–Kier alpha value is -2.74. The SMILES string of the molecule is COc1ccc(Br)cc1C=c1sc2n(c1=O)C(c1ccc(Br)cc1)C1=C(N=2)c2ccccc2CC1. The average molecular weight is 608 g/mol. The highest BCUT2D eigenvalue weighted by atomic mass is 79.9. The van der Waals surface area contributed by atoms with Gasteiger partial charge in [0, 0.05) is 20.1 Å². The normalized spacial score (nSPS) is 16.9. The summed E-state index contributed by atoms with van der Waals surface area (Å²) < 4.78 is 9.99. The van der Waals surface area contributed by atoms with E-state index < -0.39 is 0 Å². The molecular weight excluding hydrogens is 588 g/mol. The van der Waals surface area contributed by atoms with Crippen molar-refractivity contribution in [2.45, 2.75) is 18.9 Å². The van der Waals surface area contributed by atoms with E-state index in [2.05, 4.69) is 68.3 Å². The average Bonchev–Trinajstić information content (AvgIpc) is 3.18. The fraction of sp³-hybridized carbons (Fsp3) is 0.143. The highest BCUT2D eigenvalue weighted by Gasteiger charge is 2.32. The van der Waals surface area contributed by atoms with Crippen LogP contribution in [0, 0.1) is 0 Å². The summed E-state index contributed by atoms with van der Waals surface area (Å²) in [5.74, 6) is 0.719. The summed E-state index contributed by atoms with van der Waals surface area (Å²) in [7, 11) is 1.64. The summed E-state index contributed by atoms with van der Waals surface area (Å²) in [5.41, 5.74) is 6.58. The van der Waals surface area contributed by atoms with Crippen LogP contribution >= 0.6 is 43.2 Å². The Balaban J connectivity index is 1.63. The van der Waals surface area contributed by atoms with Gasteiger partial charge in [0.1, 0.15) is 5.75 Å². The van der Waals surface area contributed by atoms with Crippen molar-refractivity contribution in [3.63, 3.8) is 0 Å². The van der Waals surface area contributed by atoms with Gasteiger partial charge in [0.2, 0.25) is 0 Å². The molecular formula is C28H20Br2N2O2S. The smallest absolute Gasteiger partial charge is 0.271 e. The molecule has 0 saturated carbocycles. The second-order valence-electron chi connectivity index (χ2n) is 8.55. The fourth-order valence-electron chi connectivity index (χ4n) is 4.93. The number of fused-ring (bicyclic) bond motifs is 3. The molecule has 1 aliphatic heterocycles. The summed E-state index contributed by atoms with van der Waals surface area (Å²) in [4.78, 5) is 19.7. The summed E-state index contributed by atoms with van der Waals surface area (Å²) >= 11 is 8.51. The number of aryl methyl sites for hydroxylation is 1. The number of nitrogens with zero attached hydrogens (tertiary/aromatic N) is 2. The molecule has 1 aliphatic carbocycles. The van der Waals surface area contributed by atoms with Crippen molar-refractivity contribution in [1.29, 1.82) is 0 Å². The molecule has 0 fully saturated rings. The van der Waals surface area contributed by atoms with Gasteiger partial charge in [-0.1, -0.05) is 79.6 Å². The Labute approximate surface area is 223 Å². The third-order valence-electron chi connectivity index (χ3n) is 6.54. The maximum Gasteiger partial charge on any atom is 0.271 e. The predicted octanol–water partition coefficient (Wildman–Crippen LogP) is 5.85. The van der Waals surface area contributed by atoms with Crippen LogP contribution in [0.5, 0.6) is 5.75 Å². The zero-order valence-electron chi connectivity index (χ0n) is 18.8. The number of aromatic nitrogens is 1. The summed E-state index contributed by atoms with van der Waals surface area (Å²) in [5, 5.41) is 0. The van der Waals surface area contributed by atoms with E-state index >= 15 is 0 Å². The van der Waals surface area contributed by atoms with E-state index in [4.69, 9.17) is 9.73 Å². The van der Waals surface area contributed by atoms with Gasteiger partial charge in [-0.25, -0.2) is 4.99 Å². The Bertz CT molecular complexity index is 1680. The molecule has 2 aliphatic rings. The van der Waals surface area contributed by atoms with Crippen LogP contribution in [0.25, 0.3) is 11.8 Å².